The van der Waals surface area contributed by atoms with E-state index in [1.54, 1.807) is 79.0 Å². The number of amides is 3. The van der Waals surface area contributed by atoms with Crippen molar-refractivity contribution in [3.63, 3.8) is 0 Å². The molecule has 2 aromatic rings. The smallest absolute Gasteiger partial charge is 0.407 e. The Morgan fingerprint density at radius 2 is 1.45 bits per heavy atom. The van der Waals surface area contributed by atoms with Crippen LogP contribution in [0.5, 0.6) is 5.75 Å². The predicted octanol–water partition coefficient (Wildman–Crippen LogP) is 6.48. The first-order valence-corrected chi connectivity index (χ1v) is 29.4. The third-order valence-corrected chi connectivity index (χ3v) is 17.1. The van der Waals surface area contributed by atoms with E-state index >= 15 is 4.79 Å². The van der Waals surface area contributed by atoms with Crippen molar-refractivity contribution < 1.29 is 77.1 Å². The van der Waals surface area contributed by atoms with Crippen LogP contribution in [0.2, 0.25) is 5.02 Å². The lowest BCUT2D eigenvalue weighted by Gasteiger charge is -2.49. The molecule has 0 saturated carbocycles. The number of aliphatic hydroxyl groups excluding tert-OH is 1. The Hall–Kier alpha value is -4.39. The van der Waals surface area contributed by atoms with Gasteiger partial charge in [-0.15, -0.1) is 0 Å². The molecule has 3 aliphatic heterocycles. The minimum atomic E-state index is -1.96. The van der Waals surface area contributed by atoms with E-state index in [2.05, 4.69) is 16.0 Å². The van der Waals surface area contributed by atoms with Crippen LogP contribution in [-0.4, -0.2) is 201 Å². The fourth-order valence-corrected chi connectivity index (χ4v) is 12.2. The lowest BCUT2D eigenvalue weighted by molar-refractivity contribution is -0.317. The van der Waals surface area contributed by atoms with Gasteiger partial charge >= 0.3 is 18.2 Å². The van der Waals surface area contributed by atoms with Gasteiger partial charge in [-0.2, -0.15) is 0 Å². The zero-order valence-corrected chi connectivity index (χ0v) is 51.7. The van der Waals surface area contributed by atoms with Crippen LogP contribution in [0.4, 0.5) is 9.59 Å². The summed E-state index contributed by atoms with van der Waals surface area (Å²) in [5, 5.41) is 46.6. The SMILES string of the molecule is CC[C@H]1OC(=O)[C@H](C)[C@@H](O[C@H]2C[C@@](C)(OC)[C@@H](OC(=O)NCCCCNC(=O)c3ccc(OC)cc3)[C@H](C)O2)[C@H](C)[C@@H](O[C@@H]2O[C@H](C)C[C@H](N(C)C)[C@H]2O)[C@](C)(O)C[C@@H](C)CN(C)[C@H](C)[C@@H](OC(=O)NCCc2ccccc2Cl)[C@]1(C)O. The number of cyclic esters (lactones) is 1. The summed E-state index contributed by atoms with van der Waals surface area (Å²) in [5.74, 6) is -2.67. The molecule has 3 aliphatic rings. The minimum Gasteiger partial charge on any atom is -0.497 e. The fraction of sp³-hybridized carbons (Fsp3) is 0.733. The van der Waals surface area contributed by atoms with Crippen molar-refractivity contribution in [3.05, 3.63) is 64.7 Å². The van der Waals surface area contributed by atoms with Gasteiger partial charge in [0.25, 0.3) is 5.91 Å². The Labute approximate surface area is 491 Å². The molecule has 21 nitrogen and oxygen atoms in total. The number of aliphatic hydroxyl groups is 3. The van der Waals surface area contributed by atoms with Crippen LogP contribution in [0, 0.1) is 17.8 Å². The molecule has 5 rings (SSSR count). The molecule has 22 heteroatoms. The molecule has 464 valence electrons. The number of methoxy groups -OCH3 is 2. The molecule has 0 aromatic heterocycles. The summed E-state index contributed by atoms with van der Waals surface area (Å²) in [6.45, 7) is 18.7. The summed E-state index contributed by atoms with van der Waals surface area (Å²) >= 11 is 6.39. The van der Waals surface area contributed by atoms with Crippen molar-refractivity contribution in [1.29, 1.82) is 0 Å². The maximum atomic E-state index is 15.0. The lowest BCUT2D eigenvalue weighted by atomic mass is 9.77. The highest BCUT2D eigenvalue weighted by Crippen LogP contribution is 2.41. The second-order valence-corrected chi connectivity index (χ2v) is 24.2. The van der Waals surface area contributed by atoms with Gasteiger partial charge in [-0.25, -0.2) is 9.59 Å². The Kier molecular flexibility index (Phi) is 25.5. The zero-order chi connectivity index (χ0) is 60.9. The number of carbonyl (C=O) groups is 4. The van der Waals surface area contributed by atoms with Crippen molar-refractivity contribution in [1.82, 2.24) is 25.8 Å². The van der Waals surface area contributed by atoms with E-state index in [-0.39, 0.29) is 56.3 Å². The maximum absolute atomic E-state index is 15.0. The highest BCUT2D eigenvalue weighted by Gasteiger charge is 2.54. The van der Waals surface area contributed by atoms with Crippen molar-refractivity contribution >= 4 is 35.7 Å². The number of hydrogen-bond donors (Lipinski definition) is 6. The van der Waals surface area contributed by atoms with Crippen molar-refractivity contribution in [2.45, 2.75) is 204 Å². The van der Waals surface area contributed by atoms with E-state index in [0.29, 0.717) is 55.1 Å². The molecule has 3 amide bonds. The van der Waals surface area contributed by atoms with Crippen LogP contribution >= 0.6 is 11.6 Å². The van der Waals surface area contributed by atoms with E-state index in [4.69, 9.17) is 54.2 Å². The van der Waals surface area contributed by atoms with Gasteiger partial charge in [0.2, 0.25) is 0 Å². The summed E-state index contributed by atoms with van der Waals surface area (Å²) < 4.78 is 56.5. The molecule has 3 fully saturated rings. The van der Waals surface area contributed by atoms with E-state index in [9.17, 15) is 29.7 Å². The first kappa shape index (κ1) is 68.4. The van der Waals surface area contributed by atoms with Crippen LogP contribution in [0.15, 0.2) is 48.5 Å². The number of halogens is 1. The number of ether oxygens (including phenoxy) is 9. The molecule has 0 radical (unpaired) electrons. The number of rotatable bonds is 19. The van der Waals surface area contributed by atoms with E-state index in [0.717, 1.165) is 5.56 Å². The number of likely N-dealkylation sites (N-methyl/N-ethyl adjacent to an activating group) is 2. The number of benzene rings is 2. The standard InChI is InChI=1S/C60H96ClN5O16/c1-16-46-60(10,73)51(81-57(71)64-30-27-41-21-17-18-22-44(41)61)39(6)66(13)34-35(2)32-58(8,72)50(80-55-48(67)45(65(11)12)31-36(3)76-55)37(4)49(38(5)54(69)78-46)79-47-33-59(9,75-15)52(40(7)77-47)82-56(70)63-29-20-19-28-62-53(68)42-23-25-43(74-14)26-24-42/h17-18,21-26,35-40,45-52,55,67,72-73H,16,19-20,27-34H2,1-15H3,(H,62,68)(H,63,70)(H,64,71)/t35-,36-,37+,38-,39-,40+,45+,46-,47+,48-,49+,50-,51-,52+,55+,58-,59-,60-/m1/s1. The average Bonchev–Trinajstić information content (AvgIpc) is 3.61. The molecular formula is C60H96ClN5O16. The first-order chi connectivity index (χ1) is 38.6. The van der Waals surface area contributed by atoms with Gasteiger partial charge in [0, 0.05) is 68.3 Å². The van der Waals surface area contributed by atoms with Crippen molar-refractivity contribution in [2.75, 3.05) is 61.5 Å². The average molecular weight is 1180 g/mol. The van der Waals surface area contributed by atoms with Gasteiger partial charge in [0.1, 0.15) is 29.2 Å². The monoisotopic (exact) mass is 1180 g/mol. The molecule has 18 atom stereocenters. The third-order valence-electron chi connectivity index (χ3n) is 16.7. The van der Waals surface area contributed by atoms with Crippen LogP contribution < -0.4 is 20.7 Å². The van der Waals surface area contributed by atoms with Gasteiger partial charge in [-0.05, 0) is 150 Å². The number of unbranched alkanes of at least 4 members (excludes halogenated alkanes) is 1. The van der Waals surface area contributed by atoms with Crippen molar-refractivity contribution in [2.24, 2.45) is 17.8 Å². The van der Waals surface area contributed by atoms with Gasteiger partial charge in [-0.1, -0.05) is 50.6 Å². The van der Waals surface area contributed by atoms with Crippen LogP contribution in [0.25, 0.3) is 0 Å². The van der Waals surface area contributed by atoms with E-state index in [1.165, 1.54) is 14.0 Å². The summed E-state index contributed by atoms with van der Waals surface area (Å²) in [7, 11) is 8.62. The second-order valence-electron chi connectivity index (χ2n) is 23.8. The quantitative estimate of drug-likeness (QED) is 0.0500. The number of nitrogens with zero attached hydrogens (tertiary/aromatic N) is 2. The predicted molar refractivity (Wildman–Crippen MR) is 308 cm³/mol. The minimum absolute atomic E-state index is 0.00604. The molecule has 2 aromatic carbocycles. The van der Waals surface area contributed by atoms with Gasteiger partial charge < -0.3 is 78.8 Å². The molecule has 0 bridgehead atoms. The zero-order valence-electron chi connectivity index (χ0n) is 51.0. The maximum Gasteiger partial charge on any atom is 0.407 e. The van der Waals surface area contributed by atoms with Crippen LogP contribution in [0.3, 0.4) is 0 Å². The fourth-order valence-electron chi connectivity index (χ4n) is 11.9. The van der Waals surface area contributed by atoms with E-state index < -0.39 is 108 Å². The summed E-state index contributed by atoms with van der Waals surface area (Å²) in [6, 6.07) is 13.1. The molecule has 3 saturated heterocycles. The van der Waals surface area contributed by atoms with Crippen molar-refractivity contribution in [3.8, 4) is 5.75 Å². The van der Waals surface area contributed by atoms with Gasteiger partial charge in [0.15, 0.2) is 24.8 Å². The van der Waals surface area contributed by atoms with Crippen LogP contribution in [-0.2, 0) is 49.1 Å². The van der Waals surface area contributed by atoms with Gasteiger partial charge in [-0.3, -0.25) is 14.5 Å². The topological polar surface area (TPSA) is 255 Å². The number of carbonyl (C=O) groups excluding carboxylic acids is 4. The second kappa shape index (κ2) is 30.6. The molecule has 82 heavy (non-hydrogen) atoms. The summed E-state index contributed by atoms with van der Waals surface area (Å²) in [6.07, 6.45) is -9.51. The Morgan fingerprint density at radius 3 is 2.06 bits per heavy atom. The molecule has 0 aliphatic carbocycles. The highest BCUT2D eigenvalue weighted by atomic mass is 35.5. The molecule has 6 N–H and O–H groups in total. The normalized spacial score (nSPS) is 35.3. The highest BCUT2D eigenvalue weighted by molar-refractivity contribution is 6.31. The molecule has 0 spiro atoms. The Bertz CT molecular complexity index is 2350. The molecular weight excluding hydrogens is 1080 g/mol. The van der Waals surface area contributed by atoms with E-state index in [1.807, 2.05) is 69.9 Å². The number of esters is 1. The number of alkyl carbamates (subject to hydrolysis) is 2. The Morgan fingerprint density at radius 1 is 0.829 bits per heavy atom. The van der Waals surface area contributed by atoms with Gasteiger partial charge in [0.05, 0.1) is 43.0 Å². The summed E-state index contributed by atoms with van der Waals surface area (Å²) in [5.41, 5.74) is -3.52. The molecule has 0 unspecified atom stereocenters. The first-order valence-electron chi connectivity index (χ1n) is 29.0. The number of hydrogen-bond acceptors (Lipinski definition) is 18. The number of nitrogens with one attached hydrogen (secondary N) is 3. The molecule has 3 heterocycles. The largest absolute Gasteiger partial charge is 0.497 e. The third kappa shape index (κ3) is 18.1. The summed E-state index contributed by atoms with van der Waals surface area (Å²) in [4.78, 5) is 58.5. The van der Waals surface area contributed by atoms with Crippen LogP contribution in [0.1, 0.15) is 124 Å². The lowest BCUT2D eigenvalue weighted by Crippen LogP contribution is -2.61. The Balaban J connectivity index is 1.41.